The first-order valence-corrected chi connectivity index (χ1v) is 8.97. The number of carbonyl (C=O) groups is 1. The van der Waals surface area contributed by atoms with Gasteiger partial charge in [0.1, 0.15) is 6.17 Å². The average Bonchev–Trinajstić information content (AvgIpc) is 2.70. The van der Waals surface area contributed by atoms with Gasteiger partial charge in [-0.2, -0.15) is 0 Å². The fraction of sp³-hybridized carbons (Fsp3) is 0.842. The molecule has 2 nitrogen and oxygen atoms in total. The monoisotopic (exact) mass is 306 g/mol. The van der Waals surface area contributed by atoms with Gasteiger partial charge < -0.3 is 5.11 Å². The summed E-state index contributed by atoms with van der Waals surface area (Å²) in [6.45, 7) is 4.39. The quantitative estimate of drug-likeness (QED) is 0.741. The molecule has 0 aliphatic heterocycles. The Morgan fingerprint density at radius 3 is 2.91 bits per heavy atom. The maximum atomic E-state index is 14.2. The first-order valence-electron chi connectivity index (χ1n) is 8.97. The lowest BCUT2D eigenvalue weighted by Crippen LogP contribution is -2.50. The molecule has 0 aromatic heterocycles. The smallest absolute Gasteiger partial charge is 0.155 e. The maximum absolute atomic E-state index is 14.2. The van der Waals surface area contributed by atoms with Crippen LogP contribution >= 0.6 is 0 Å². The van der Waals surface area contributed by atoms with E-state index in [4.69, 9.17) is 0 Å². The molecular weight excluding hydrogens is 279 g/mol. The highest BCUT2D eigenvalue weighted by molar-refractivity contribution is 5.91. The molecule has 4 aliphatic carbocycles. The van der Waals surface area contributed by atoms with Crippen molar-refractivity contribution < 1.29 is 14.3 Å². The van der Waals surface area contributed by atoms with E-state index in [2.05, 4.69) is 13.8 Å². The molecule has 3 fully saturated rings. The molecule has 0 unspecified atom stereocenters. The summed E-state index contributed by atoms with van der Waals surface area (Å²) in [6.07, 6.45) is 5.31. The van der Waals surface area contributed by atoms with Gasteiger partial charge in [-0.3, -0.25) is 4.79 Å². The van der Waals surface area contributed by atoms with Gasteiger partial charge in [-0.25, -0.2) is 4.39 Å². The lowest BCUT2D eigenvalue weighted by atomic mass is 9.49. The topological polar surface area (TPSA) is 37.3 Å². The standard InChI is InChI=1S/C19H27FO2/c1-10-7-11-8-12(21)3-4-13(11)14-5-6-19(2)15(17(10)14)9-16(20)18(19)22/h8,10,13-18,22H,3-7,9H2,1-2H3/t10-,13+,14-,15+,16-,17-,18+,19+/m1/s1. The van der Waals surface area contributed by atoms with E-state index in [1.807, 2.05) is 6.08 Å². The summed E-state index contributed by atoms with van der Waals surface area (Å²) in [5, 5.41) is 10.4. The van der Waals surface area contributed by atoms with E-state index in [0.717, 1.165) is 25.7 Å². The minimum absolute atomic E-state index is 0.236. The Morgan fingerprint density at radius 2 is 2.14 bits per heavy atom. The van der Waals surface area contributed by atoms with E-state index in [1.54, 1.807) is 0 Å². The lowest BCUT2D eigenvalue weighted by Gasteiger charge is -2.55. The Labute approximate surface area is 132 Å². The average molecular weight is 306 g/mol. The molecule has 8 atom stereocenters. The largest absolute Gasteiger partial charge is 0.390 e. The van der Waals surface area contributed by atoms with Crippen molar-refractivity contribution in [3.05, 3.63) is 11.6 Å². The third kappa shape index (κ3) is 1.90. The first-order chi connectivity index (χ1) is 10.4. The zero-order valence-corrected chi connectivity index (χ0v) is 13.6. The highest BCUT2D eigenvalue weighted by atomic mass is 19.1. The summed E-state index contributed by atoms with van der Waals surface area (Å²) in [7, 11) is 0. The molecule has 0 spiro atoms. The molecule has 0 radical (unpaired) electrons. The molecule has 0 saturated heterocycles. The highest BCUT2D eigenvalue weighted by Crippen LogP contribution is 2.63. The Morgan fingerprint density at radius 1 is 1.36 bits per heavy atom. The van der Waals surface area contributed by atoms with Gasteiger partial charge in [-0.15, -0.1) is 0 Å². The summed E-state index contributed by atoms with van der Waals surface area (Å²) in [5.74, 6) is 2.76. The van der Waals surface area contributed by atoms with Gasteiger partial charge in [0, 0.05) is 6.42 Å². The molecule has 0 heterocycles. The zero-order chi connectivity index (χ0) is 15.6. The van der Waals surface area contributed by atoms with Crippen molar-refractivity contribution in [2.45, 2.75) is 64.6 Å². The van der Waals surface area contributed by atoms with E-state index in [0.29, 0.717) is 42.4 Å². The van der Waals surface area contributed by atoms with Crippen LogP contribution in [0.3, 0.4) is 0 Å². The molecule has 4 rings (SSSR count). The number of allylic oxidation sites excluding steroid dienone is 1. The van der Waals surface area contributed by atoms with Crippen LogP contribution in [0.5, 0.6) is 0 Å². The van der Waals surface area contributed by atoms with Crippen LogP contribution in [0.1, 0.15) is 52.4 Å². The number of aliphatic hydroxyl groups excluding tert-OH is 1. The number of alkyl halides is 1. The van der Waals surface area contributed by atoms with Gasteiger partial charge in [0.2, 0.25) is 0 Å². The van der Waals surface area contributed by atoms with Crippen molar-refractivity contribution in [3.8, 4) is 0 Å². The number of fused-ring (bicyclic) bond motifs is 5. The van der Waals surface area contributed by atoms with Crippen molar-refractivity contribution in [1.82, 2.24) is 0 Å². The molecule has 0 aromatic carbocycles. The minimum atomic E-state index is -1.05. The predicted molar refractivity (Wildman–Crippen MR) is 82.9 cm³/mol. The van der Waals surface area contributed by atoms with Crippen LogP contribution in [0.4, 0.5) is 4.39 Å². The highest BCUT2D eigenvalue weighted by Gasteiger charge is 2.60. The van der Waals surface area contributed by atoms with Gasteiger partial charge in [-0.1, -0.05) is 19.4 Å². The van der Waals surface area contributed by atoms with Crippen LogP contribution in [-0.4, -0.2) is 23.2 Å². The normalized spacial score (nSPS) is 54.3. The van der Waals surface area contributed by atoms with Crippen LogP contribution in [0.2, 0.25) is 0 Å². The number of aliphatic hydroxyl groups is 1. The summed E-state index contributed by atoms with van der Waals surface area (Å²) in [5.41, 5.74) is 1.13. The van der Waals surface area contributed by atoms with Gasteiger partial charge in [0.05, 0.1) is 6.10 Å². The molecule has 22 heavy (non-hydrogen) atoms. The molecule has 0 bridgehead atoms. The number of rotatable bonds is 0. The van der Waals surface area contributed by atoms with Crippen LogP contribution in [0, 0.1) is 35.0 Å². The Bertz CT molecular complexity index is 528. The first kappa shape index (κ1) is 14.9. The Hall–Kier alpha value is -0.700. The van der Waals surface area contributed by atoms with Gasteiger partial charge in [0.15, 0.2) is 5.78 Å². The molecule has 1 N–H and O–H groups in total. The van der Waals surface area contributed by atoms with Gasteiger partial charge in [0.25, 0.3) is 0 Å². The number of carbonyl (C=O) groups excluding carboxylic acids is 1. The van der Waals surface area contributed by atoms with E-state index in [9.17, 15) is 14.3 Å². The summed E-state index contributed by atoms with van der Waals surface area (Å²) >= 11 is 0. The van der Waals surface area contributed by atoms with E-state index >= 15 is 0 Å². The third-order valence-electron chi connectivity index (χ3n) is 7.58. The van der Waals surface area contributed by atoms with Crippen LogP contribution in [-0.2, 0) is 4.79 Å². The second-order valence-corrected chi connectivity index (χ2v) is 8.60. The van der Waals surface area contributed by atoms with Crippen LogP contribution in [0.15, 0.2) is 11.6 Å². The van der Waals surface area contributed by atoms with Crippen molar-refractivity contribution >= 4 is 5.78 Å². The SMILES string of the molecule is C[C@@H]1CC2=CC(=O)CC[C@@H]2[C@H]2CC[C@]3(C)[C@@H](O)[C@H](F)C[C@H]3[C@@H]21. The van der Waals surface area contributed by atoms with Crippen molar-refractivity contribution in [2.24, 2.45) is 35.0 Å². The molecule has 4 aliphatic rings. The van der Waals surface area contributed by atoms with Crippen LogP contribution < -0.4 is 0 Å². The molecule has 3 heteroatoms. The molecule has 3 saturated carbocycles. The van der Waals surface area contributed by atoms with E-state index in [-0.39, 0.29) is 11.2 Å². The molecule has 0 aromatic rings. The van der Waals surface area contributed by atoms with E-state index < -0.39 is 12.3 Å². The van der Waals surface area contributed by atoms with Crippen molar-refractivity contribution in [2.75, 3.05) is 0 Å². The van der Waals surface area contributed by atoms with Crippen molar-refractivity contribution in [1.29, 1.82) is 0 Å². The van der Waals surface area contributed by atoms with Gasteiger partial charge >= 0.3 is 0 Å². The number of hydrogen-bond donors (Lipinski definition) is 1. The Kier molecular flexibility index (Phi) is 3.31. The summed E-state index contributed by atoms with van der Waals surface area (Å²) in [4.78, 5) is 11.7. The number of hydrogen-bond acceptors (Lipinski definition) is 2. The third-order valence-corrected chi connectivity index (χ3v) is 7.58. The van der Waals surface area contributed by atoms with E-state index in [1.165, 1.54) is 5.57 Å². The number of ketones is 1. The maximum Gasteiger partial charge on any atom is 0.155 e. The van der Waals surface area contributed by atoms with Gasteiger partial charge in [-0.05, 0) is 73.2 Å². The predicted octanol–water partition coefficient (Wildman–Crippen LogP) is 3.68. The fourth-order valence-corrected chi connectivity index (χ4v) is 6.54. The zero-order valence-electron chi connectivity index (χ0n) is 13.6. The molecular formula is C19H27FO2. The van der Waals surface area contributed by atoms with Crippen molar-refractivity contribution in [3.63, 3.8) is 0 Å². The van der Waals surface area contributed by atoms with Crippen LogP contribution in [0.25, 0.3) is 0 Å². The lowest BCUT2D eigenvalue weighted by molar-refractivity contribution is -0.116. The summed E-state index contributed by atoms with van der Waals surface area (Å²) < 4.78 is 14.2. The minimum Gasteiger partial charge on any atom is -0.390 e. The molecule has 0 amide bonds. The summed E-state index contributed by atoms with van der Waals surface area (Å²) in [6, 6.07) is 0. The second-order valence-electron chi connectivity index (χ2n) is 8.60. The molecule has 122 valence electrons. The Balaban J connectivity index is 1.69. The fourth-order valence-electron chi connectivity index (χ4n) is 6.54. The number of halogens is 1. The second kappa shape index (κ2) is 4.90.